The summed E-state index contributed by atoms with van der Waals surface area (Å²) in [5, 5.41) is 3.42. The van der Waals surface area contributed by atoms with Crippen molar-refractivity contribution in [2.75, 3.05) is 39.3 Å². The van der Waals surface area contributed by atoms with Crippen LogP contribution in [0.4, 0.5) is 0 Å². The van der Waals surface area contributed by atoms with E-state index in [1.807, 2.05) is 11.0 Å². The van der Waals surface area contributed by atoms with Gasteiger partial charge in [-0.2, -0.15) is 0 Å². The first kappa shape index (κ1) is 14.5. The maximum Gasteiger partial charge on any atom is 0.236 e. The van der Waals surface area contributed by atoms with Gasteiger partial charge in [0.25, 0.3) is 0 Å². The van der Waals surface area contributed by atoms with Crippen LogP contribution in [0, 0.1) is 0 Å². The van der Waals surface area contributed by atoms with Crippen LogP contribution in [-0.2, 0) is 4.79 Å². The number of rotatable bonds is 5. The van der Waals surface area contributed by atoms with Crippen molar-refractivity contribution in [1.29, 1.82) is 0 Å². The lowest BCUT2D eigenvalue weighted by Crippen LogP contribution is -2.50. The normalized spacial score (nSPS) is 25.9. The van der Waals surface area contributed by atoms with Crippen molar-refractivity contribution in [3.63, 3.8) is 0 Å². The molecule has 2 atom stereocenters. The Morgan fingerprint density at radius 3 is 2.57 bits per heavy atom. The van der Waals surface area contributed by atoms with Crippen molar-refractivity contribution in [3.05, 3.63) is 35.9 Å². The van der Waals surface area contributed by atoms with E-state index < -0.39 is 0 Å². The third-order valence-electron chi connectivity index (χ3n) is 4.71. The van der Waals surface area contributed by atoms with Gasteiger partial charge in [-0.05, 0) is 18.5 Å². The van der Waals surface area contributed by atoms with Crippen molar-refractivity contribution >= 4 is 5.91 Å². The summed E-state index contributed by atoms with van der Waals surface area (Å²) < 4.78 is 0. The second-order valence-corrected chi connectivity index (χ2v) is 6.06. The molecule has 2 unspecified atom stereocenters. The van der Waals surface area contributed by atoms with Gasteiger partial charge in [0.1, 0.15) is 0 Å². The highest BCUT2D eigenvalue weighted by Gasteiger charge is 2.38. The molecule has 114 valence electrons. The Bertz CT molecular complexity index is 468. The summed E-state index contributed by atoms with van der Waals surface area (Å²) in [6.07, 6.45) is 1.15. The highest BCUT2D eigenvalue weighted by atomic mass is 16.2. The van der Waals surface area contributed by atoms with Crippen LogP contribution in [0.15, 0.2) is 30.3 Å². The molecule has 4 heteroatoms. The van der Waals surface area contributed by atoms with Gasteiger partial charge in [0, 0.05) is 38.1 Å². The van der Waals surface area contributed by atoms with Crippen LogP contribution in [0.5, 0.6) is 0 Å². The topological polar surface area (TPSA) is 35.6 Å². The van der Waals surface area contributed by atoms with Crippen LogP contribution >= 0.6 is 0 Å². The summed E-state index contributed by atoms with van der Waals surface area (Å²) in [6, 6.07) is 11.1. The van der Waals surface area contributed by atoms with Gasteiger partial charge in [0.2, 0.25) is 5.91 Å². The summed E-state index contributed by atoms with van der Waals surface area (Å²) in [6.45, 7) is 7.52. The largest absolute Gasteiger partial charge is 0.339 e. The van der Waals surface area contributed by atoms with E-state index in [9.17, 15) is 4.79 Å². The Morgan fingerprint density at radius 1 is 1.19 bits per heavy atom. The highest BCUT2D eigenvalue weighted by molar-refractivity contribution is 5.78. The van der Waals surface area contributed by atoms with E-state index in [0.717, 1.165) is 39.1 Å². The van der Waals surface area contributed by atoms with E-state index in [4.69, 9.17) is 0 Å². The van der Waals surface area contributed by atoms with Crippen molar-refractivity contribution in [2.45, 2.75) is 25.3 Å². The van der Waals surface area contributed by atoms with E-state index in [1.54, 1.807) is 0 Å². The predicted octanol–water partition coefficient (Wildman–Crippen LogP) is 1.30. The van der Waals surface area contributed by atoms with Crippen molar-refractivity contribution in [1.82, 2.24) is 15.1 Å². The molecule has 4 nitrogen and oxygen atoms in total. The van der Waals surface area contributed by atoms with Gasteiger partial charge in [0.05, 0.1) is 6.54 Å². The van der Waals surface area contributed by atoms with Gasteiger partial charge in [-0.3, -0.25) is 4.79 Å². The molecule has 2 fully saturated rings. The Morgan fingerprint density at radius 2 is 1.90 bits per heavy atom. The molecule has 1 aromatic rings. The molecule has 2 aliphatic rings. The number of nitrogens with zero attached hydrogens (tertiary/aromatic N) is 2. The molecule has 0 spiro atoms. The molecule has 1 saturated heterocycles. The number of piperazine rings is 1. The van der Waals surface area contributed by atoms with E-state index in [-0.39, 0.29) is 5.91 Å². The van der Waals surface area contributed by atoms with Crippen LogP contribution in [0.1, 0.15) is 24.8 Å². The average Bonchev–Trinajstić information content (AvgIpc) is 3.33. The number of carbonyl (C=O) groups is 1. The molecule has 1 aliphatic carbocycles. The predicted molar refractivity (Wildman–Crippen MR) is 84.3 cm³/mol. The molecule has 0 bridgehead atoms. The van der Waals surface area contributed by atoms with Crippen LogP contribution in [0.3, 0.4) is 0 Å². The third kappa shape index (κ3) is 3.63. The minimum atomic E-state index is 0.254. The first-order chi connectivity index (χ1) is 10.3. The van der Waals surface area contributed by atoms with Crippen molar-refractivity contribution < 1.29 is 4.79 Å². The number of amides is 1. The van der Waals surface area contributed by atoms with E-state index >= 15 is 0 Å². The molecule has 0 radical (unpaired) electrons. The second-order valence-electron chi connectivity index (χ2n) is 6.06. The minimum absolute atomic E-state index is 0.254. The summed E-state index contributed by atoms with van der Waals surface area (Å²) in [5.41, 5.74) is 1.39. The SMILES string of the molecule is CCN1CCN(C(=O)CNC2CC2c2ccccc2)CC1. The van der Waals surface area contributed by atoms with Crippen LogP contribution in [0.2, 0.25) is 0 Å². The van der Waals surface area contributed by atoms with Gasteiger partial charge >= 0.3 is 0 Å². The molecule has 1 aliphatic heterocycles. The van der Waals surface area contributed by atoms with E-state index in [0.29, 0.717) is 18.5 Å². The van der Waals surface area contributed by atoms with Gasteiger partial charge in [-0.25, -0.2) is 0 Å². The van der Waals surface area contributed by atoms with Crippen LogP contribution in [0.25, 0.3) is 0 Å². The average molecular weight is 287 g/mol. The van der Waals surface area contributed by atoms with Gasteiger partial charge < -0.3 is 15.1 Å². The van der Waals surface area contributed by atoms with Gasteiger partial charge in [0.15, 0.2) is 0 Å². The zero-order valence-electron chi connectivity index (χ0n) is 12.8. The number of nitrogens with one attached hydrogen (secondary N) is 1. The zero-order chi connectivity index (χ0) is 14.7. The zero-order valence-corrected chi connectivity index (χ0v) is 12.8. The first-order valence-electron chi connectivity index (χ1n) is 8.06. The Balaban J connectivity index is 1.40. The molecule has 1 saturated carbocycles. The van der Waals surface area contributed by atoms with Gasteiger partial charge in [-0.15, -0.1) is 0 Å². The smallest absolute Gasteiger partial charge is 0.236 e. The molecule has 1 heterocycles. The fraction of sp³-hybridized carbons (Fsp3) is 0.588. The third-order valence-corrected chi connectivity index (χ3v) is 4.71. The highest BCUT2D eigenvalue weighted by Crippen LogP contribution is 2.40. The molecule has 1 amide bonds. The summed E-state index contributed by atoms with van der Waals surface area (Å²) >= 11 is 0. The minimum Gasteiger partial charge on any atom is -0.339 e. The fourth-order valence-corrected chi connectivity index (χ4v) is 3.13. The molecule has 3 rings (SSSR count). The summed E-state index contributed by atoms with van der Waals surface area (Å²) in [7, 11) is 0. The lowest BCUT2D eigenvalue weighted by Gasteiger charge is -2.34. The Labute approximate surface area is 127 Å². The van der Waals surface area contributed by atoms with Crippen LogP contribution < -0.4 is 5.32 Å². The number of hydrogen-bond acceptors (Lipinski definition) is 3. The Hall–Kier alpha value is -1.39. The molecular formula is C17H25N3O. The maximum atomic E-state index is 12.2. The number of likely N-dealkylation sites (N-methyl/N-ethyl adjacent to an activating group) is 1. The lowest BCUT2D eigenvalue weighted by molar-refractivity contribution is -0.132. The fourth-order valence-electron chi connectivity index (χ4n) is 3.13. The van der Waals surface area contributed by atoms with E-state index in [2.05, 4.69) is 41.4 Å². The Kier molecular flexibility index (Phi) is 4.56. The molecular weight excluding hydrogens is 262 g/mol. The molecule has 0 aromatic heterocycles. The van der Waals surface area contributed by atoms with Crippen molar-refractivity contribution in [3.8, 4) is 0 Å². The second kappa shape index (κ2) is 6.58. The molecule has 1 aromatic carbocycles. The monoisotopic (exact) mass is 287 g/mol. The number of carbonyl (C=O) groups excluding carboxylic acids is 1. The van der Waals surface area contributed by atoms with Crippen molar-refractivity contribution in [2.24, 2.45) is 0 Å². The maximum absolute atomic E-state index is 12.2. The molecule has 1 N–H and O–H groups in total. The van der Waals surface area contributed by atoms with Crippen LogP contribution in [-0.4, -0.2) is 61.0 Å². The first-order valence-corrected chi connectivity index (χ1v) is 8.06. The molecule has 21 heavy (non-hydrogen) atoms. The number of hydrogen-bond donors (Lipinski definition) is 1. The quantitative estimate of drug-likeness (QED) is 0.886. The van der Waals surface area contributed by atoms with E-state index in [1.165, 1.54) is 5.56 Å². The summed E-state index contributed by atoms with van der Waals surface area (Å²) in [4.78, 5) is 16.6. The summed E-state index contributed by atoms with van der Waals surface area (Å²) in [5.74, 6) is 0.848. The number of benzene rings is 1. The standard InChI is InChI=1S/C17H25N3O/c1-2-19-8-10-20(11-9-19)17(21)13-18-16-12-15(16)14-6-4-3-5-7-14/h3-7,15-16,18H,2,8-13H2,1H3. The lowest BCUT2D eigenvalue weighted by atomic mass is 10.1. The van der Waals surface area contributed by atoms with Gasteiger partial charge in [-0.1, -0.05) is 37.3 Å².